The van der Waals surface area contributed by atoms with Crippen molar-refractivity contribution in [1.29, 1.82) is 0 Å². The van der Waals surface area contributed by atoms with Gasteiger partial charge >= 0.3 is 0 Å². The van der Waals surface area contributed by atoms with E-state index in [4.69, 9.17) is 5.73 Å². The molecule has 0 saturated heterocycles. The van der Waals surface area contributed by atoms with Gasteiger partial charge in [-0.3, -0.25) is 14.4 Å². The molecule has 3 atom stereocenters. The first kappa shape index (κ1) is 38.6. The Balaban J connectivity index is 2.28. The number of rotatable bonds is 14. The van der Waals surface area contributed by atoms with Crippen LogP contribution in [0.5, 0.6) is 0 Å². The molecule has 0 bridgehead atoms. The maximum atomic E-state index is 14.1. The van der Waals surface area contributed by atoms with Crippen LogP contribution < -0.4 is 21.1 Å². The molecule has 11 heteroatoms. The van der Waals surface area contributed by atoms with Crippen LogP contribution in [0, 0.1) is 11.3 Å². The molecule has 0 aliphatic rings. The van der Waals surface area contributed by atoms with E-state index in [0.717, 1.165) is 11.1 Å². The highest BCUT2D eigenvalue weighted by Gasteiger charge is 2.41. The number of hydrogen-bond donors (Lipinski definition) is 4. The molecule has 3 amide bonds. The van der Waals surface area contributed by atoms with E-state index < -0.39 is 44.9 Å². The third-order valence-electron chi connectivity index (χ3n) is 8.31. The van der Waals surface area contributed by atoms with Gasteiger partial charge < -0.3 is 21.3 Å². The highest BCUT2D eigenvalue weighted by molar-refractivity contribution is 7.89. The lowest BCUT2D eigenvalue weighted by Crippen LogP contribution is -2.61. The van der Waals surface area contributed by atoms with Gasteiger partial charge in [0.2, 0.25) is 21.8 Å². The van der Waals surface area contributed by atoms with E-state index in [1.54, 1.807) is 44.4 Å². The van der Waals surface area contributed by atoms with Gasteiger partial charge in [-0.15, -0.1) is 0 Å². The summed E-state index contributed by atoms with van der Waals surface area (Å²) in [5.74, 6) is -1.92. The fourth-order valence-electron chi connectivity index (χ4n) is 5.41. The lowest BCUT2D eigenvalue weighted by molar-refractivity contribution is -0.140. The molecule has 0 aliphatic heterocycles. The highest BCUT2D eigenvalue weighted by atomic mass is 32.2. The predicted molar refractivity (Wildman–Crippen MR) is 184 cm³/mol. The maximum Gasteiger partial charge on any atom is 0.260 e. The summed E-state index contributed by atoms with van der Waals surface area (Å²) in [5, 5.41) is 6.16. The van der Waals surface area contributed by atoms with Gasteiger partial charge in [0.25, 0.3) is 5.91 Å². The summed E-state index contributed by atoms with van der Waals surface area (Å²) in [5.41, 5.74) is 6.90. The van der Waals surface area contributed by atoms with Gasteiger partial charge in [0.1, 0.15) is 6.04 Å². The first-order chi connectivity index (χ1) is 21.2. The summed E-state index contributed by atoms with van der Waals surface area (Å²) >= 11 is 0. The maximum absolute atomic E-state index is 14.1. The molecule has 0 fully saturated rings. The topological polar surface area (TPSA) is 151 Å². The number of nitrogens with zero attached hydrogens (tertiary/aromatic N) is 1. The quantitative estimate of drug-likeness (QED) is 0.227. The van der Waals surface area contributed by atoms with Crippen LogP contribution in [-0.4, -0.2) is 63.3 Å². The van der Waals surface area contributed by atoms with Gasteiger partial charge in [-0.25, -0.2) is 13.1 Å². The molecule has 0 unspecified atom stereocenters. The van der Waals surface area contributed by atoms with Crippen molar-refractivity contribution in [2.75, 3.05) is 14.1 Å². The van der Waals surface area contributed by atoms with E-state index in [2.05, 4.69) is 15.4 Å². The first-order valence-corrected chi connectivity index (χ1v) is 17.2. The number of carbonyl (C=O) groups excluding carboxylic acids is 3. The lowest BCUT2D eigenvalue weighted by Gasteiger charge is -2.40. The number of likely N-dealkylation sites (N-methyl/N-ethyl adjacent to an activating group) is 2. The zero-order valence-corrected chi connectivity index (χ0v) is 29.8. The van der Waals surface area contributed by atoms with Crippen molar-refractivity contribution < 1.29 is 22.8 Å². The van der Waals surface area contributed by atoms with Crippen LogP contribution in [0.1, 0.15) is 72.1 Å². The summed E-state index contributed by atoms with van der Waals surface area (Å²) in [6.45, 7) is 15.3. The molecular weight excluding hydrogens is 602 g/mol. The van der Waals surface area contributed by atoms with Gasteiger partial charge in [-0.2, -0.15) is 0 Å². The van der Waals surface area contributed by atoms with E-state index in [1.165, 1.54) is 11.8 Å². The van der Waals surface area contributed by atoms with Crippen molar-refractivity contribution in [3.05, 3.63) is 82.9 Å². The molecule has 0 spiro atoms. The van der Waals surface area contributed by atoms with Gasteiger partial charge in [0.05, 0.1) is 17.8 Å². The van der Waals surface area contributed by atoms with Crippen molar-refractivity contribution in [2.45, 2.75) is 91.2 Å². The zero-order chi connectivity index (χ0) is 35.0. The van der Waals surface area contributed by atoms with Crippen LogP contribution in [-0.2, 0) is 42.1 Å². The average molecular weight is 656 g/mol. The van der Waals surface area contributed by atoms with Crippen molar-refractivity contribution in [2.24, 2.45) is 17.1 Å². The molecule has 2 rings (SSSR count). The molecule has 46 heavy (non-hydrogen) atoms. The standard InChI is InChI=1S/C35H53N5O5S/c1-23(2)28(20-24(3)31(41)39-46(44,45)22-26-18-16-25(21-36)17-19-26)40(10)33(43)30(34(4,5)6)38-32(42)29(37-9)35(7,8)27-14-12-11-13-15-27/h11-20,23,28-30,37H,21-22,36H2,1-10H3,(H,38,42)(H,39,41)/t28-,29-,30-/m1/s1. The molecule has 0 radical (unpaired) electrons. The Hall–Kier alpha value is -3.54. The predicted octanol–water partition coefficient (Wildman–Crippen LogP) is 3.62. The number of carbonyl (C=O) groups is 3. The summed E-state index contributed by atoms with van der Waals surface area (Å²) in [6.07, 6.45) is 1.60. The number of sulfonamides is 1. The van der Waals surface area contributed by atoms with E-state index in [0.29, 0.717) is 12.1 Å². The Labute approximate surface area is 275 Å². The molecule has 254 valence electrons. The van der Waals surface area contributed by atoms with Crippen LogP contribution in [0.3, 0.4) is 0 Å². The smallest absolute Gasteiger partial charge is 0.260 e. The van der Waals surface area contributed by atoms with Crippen LogP contribution in [0.15, 0.2) is 66.2 Å². The van der Waals surface area contributed by atoms with Crippen molar-refractivity contribution in [1.82, 2.24) is 20.3 Å². The molecule has 0 aromatic heterocycles. The number of benzene rings is 2. The van der Waals surface area contributed by atoms with Crippen molar-refractivity contribution >= 4 is 27.7 Å². The SMILES string of the molecule is CN[C@H](C(=O)N[C@H](C(=O)N(C)[C@H](C=C(C)C(=O)NS(=O)(=O)Cc1ccc(CN)cc1)C(C)C)C(C)(C)C)C(C)(C)c1ccccc1. The third-order valence-corrected chi connectivity index (χ3v) is 9.52. The van der Waals surface area contributed by atoms with Crippen molar-refractivity contribution in [3.8, 4) is 0 Å². The first-order valence-electron chi connectivity index (χ1n) is 15.6. The summed E-state index contributed by atoms with van der Waals surface area (Å²) in [6, 6.07) is 14.5. The number of hydrogen-bond acceptors (Lipinski definition) is 7. The van der Waals surface area contributed by atoms with Gasteiger partial charge in [0.15, 0.2) is 0 Å². The minimum absolute atomic E-state index is 0.132. The second-order valence-corrected chi connectivity index (χ2v) is 15.6. The fourth-order valence-corrected chi connectivity index (χ4v) is 6.56. The fraction of sp³-hybridized carbons (Fsp3) is 0.514. The van der Waals surface area contributed by atoms with E-state index in [1.807, 2.05) is 78.8 Å². The molecule has 0 aliphatic carbocycles. The van der Waals surface area contributed by atoms with Crippen LogP contribution in [0.4, 0.5) is 0 Å². The minimum atomic E-state index is -3.99. The van der Waals surface area contributed by atoms with E-state index in [-0.39, 0.29) is 29.1 Å². The monoisotopic (exact) mass is 655 g/mol. The lowest BCUT2D eigenvalue weighted by atomic mass is 9.76. The largest absolute Gasteiger partial charge is 0.342 e. The molecule has 5 N–H and O–H groups in total. The second-order valence-electron chi connectivity index (χ2n) is 13.9. The normalized spacial score (nSPS) is 14.7. The summed E-state index contributed by atoms with van der Waals surface area (Å²) in [7, 11) is -0.634. The Bertz CT molecular complexity index is 1480. The minimum Gasteiger partial charge on any atom is -0.342 e. The van der Waals surface area contributed by atoms with Crippen LogP contribution in [0.2, 0.25) is 0 Å². The molecule has 0 heterocycles. The summed E-state index contributed by atoms with van der Waals surface area (Å²) < 4.78 is 27.7. The Kier molecular flexibility index (Phi) is 13.3. The van der Waals surface area contributed by atoms with Crippen molar-refractivity contribution in [3.63, 3.8) is 0 Å². The summed E-state index contributed by atoms with van der Waals surface area (Å²) in [4.78, 5) is 42.4. The zero-order valence-electron chi connectivity index (χ0n) is 29.0. The van der Waals surface area contributed by atoms with E-state index in [9.17, 15) is 22.8 Å². The van der Waals surface area contributed by atoms with Gasteiger partial charge in [-0.05, 0) is 42.0 Å². The number of nitrogens with two attached hydrogens (primary N) is 1. The van der Waals surface area contributed by atoms with Crippen LogP contribution >= 0.6 is 0 Å². The third kappa shape index (κ3) is 10.2. The molecular formula is C35H53N5O5S. The Morgan fingerprint density at radius 3 is 1.93 bits per heavy atom. The molecule has 2 aromatic rings. The Morgan fingerprint density at radius 2 is 1.46 bits per heavy atom. The van der Waals surface area contributed by atoms with Gasteiger partial charge in [0, 0.05) is 24.6 Å². The second kappa shape index (κ2) is 15.8. The molecule has 2 aromatic carbocycles. The average Bonchev–Trinajstić information content (AvgIpc) is 2.97. The van der Waals surface area contributed by atoms with Gasteiger partial charge in [-0.1, -0.05) is 109 Å². The highest BCUT2D eigenvalue weighted by Crippen LogP contribution is 2.29. The number of nitrogens with one attached hydrogen (secondary N) is 3. The number of amides is 3. The van der Waals surface area contributed by atoms with E-state index >= 15 is 0 Å². The van der Waals surface area contributed by atoms with Crippen LogP contribution in [0.25, 0.3) is 0 Å². The molecule has 10 nitrogen and oxygen atoms in total. The Morgan fingerprint density at radius 1 is 0.913 bits per heavy atom. The molecule has 0 saturated carbocycles.